The number of ketones is 1. The lowest BCUT2D eigenvalue weighted by Gasteiger charge is -2.26. The van der Waals surface area contributed by atoms with E-state index in [0.717, 1.165) is 32.1 Å². The first-order chi connectivity index (χ1) is 14.6. The highest BCUT2D eigenvalue weighted by Gasteiger charge is 2.45. The summed E-state index contributed by atoms with van der Waals surface area (Å²) < 4.78 is 38.9. The smallest absolute Gasteiger partial charge is 0.344 e. The van der Waals surface area contributed by atoms with E-state index in [2.05, 4.69) is 10.6 Å². The molecule has 2 amide bonds. The van der Waals surface area contributed by atoms with Crippen LogP contribution in [-0.2, 0) is 14.4 Å². The van der Waals surface area contributed by atoms with Crippen molar-refractivity contribution in [1.82, 2.24) is 10.6 Å². The van der Waals surface area contributed by atoms with E-state index in [9.17, 15) is 27.6 Å². The van der Waals surface area contributed by atoms with E-state index in [1.807, 2.05) is 0 Å². The number of carbonyl (C=O) groups is 3. The molecule has 172 valence electrons. The molecule has 2 rings (SSSR count). The summed E-state index contributed by atoms with van der Waals surface area (Å²) in [7, 11) is 0. The van der Waals surface area contributed by atoms with Crippen molar-refractivity contribution in [1.29, 1.82) is 0 Å². The van der Waals surface area contributed by atoms with Gasteiger partial charge in [-0.05, 0) is 23.8 Å². The molecule has 0 aliphatic heterocycles. The zero-order valence-electron chi connectivity index (χ0n) is 18.0. The fourth-order valence-electron chi connectivity index (χ4n) is 3.94. The van der Waals surface area contributed by atoms with Gasteiger partial charge < -0.3 is 10.6 Å². The highest BCUT2D eigenvalue weighted by molar-refractivity contribution is 5.95. The minimum absolute atomic E-state index is 0.246. The van der Waals surface area contributed by atoms with Crippen LogP contribution in [0.3, 0.4) is 0 Å². The maximum Gasteiger partial charge on any atom is 0.452 e. The third kappa shape index (κ3) is 7.67. The Hall–Kier alpha value is -2.38. The van der Waals surface area contributed by atoms with Crippen LogP contribution in [0.1, 0.15) is 70.4 Å². The Labute approximate surface area is 181 Å². The maximum absolute atomic E-state index is 13.0. The van der Waals surface area contributed by atoms with Gasteiger partial charge in [0.25, 0.3) is 5.78 Å². The first-order valence-corrected chi connectivity index (χ1v) is 10.8. The molecular formula is C23H31F3N2O3. The summed E-state index contributed by atoms with van der Waals surface area (Å²) in [6.07, 6.45) is 1.61. The summed E-state index contributed by atoms with van der Waals surface area (Å²) in [5, 5.41) is 4.86. The Balaban J connectivity index is 2.10. The second kappa shape index (κ2) is 11.3. The molecule has 1 aliphatic rings. The summed E-state index contributed by atoms with van der Waals surface area (Å²) >= 11 is 0. The van der Waals surface area contributed by atoms with Gasteiger partial charge in [-0.1, -0.05) is 76.3 Å². The number of carbonyl (C=O) groups excluding carboxylic acids is 3. The van der Waals surface area contributed by atoms with E-state index in [4.69, 9.17) is 0 Å². The Kier molecular flexibility index (Phi) is 9.07. The van der Waals surface area contributed by atoms with Gasteiger partial charge in [0.05, 0.1) is 6.04 Å². The van der Waals surface area contributed by atoms with Gasteiger partial charge in [0, 0.05) is 6.42 Å². The summed E-state index contributed by atoms with van der Waals surface area (Å²) in [4.78, 5) is 37.2. The minimum Gasteiger partial charge on any atom is -0.344 e. The summed E-state index contributed by atoms with van der Waals surface area (Å²) in [6, 6.07) is 5.39. The van der Waals surface area contributed by atoms with Crippen molar-refractivity contribution in [2.75, 3.05) is 0 Å². The van der Waals surface area contributed by atoms with Crippen LogP contribution in [0.15, 0.2) is 30.3 Å². The predicted octanol–water partition coefficient (Wildman–Crippen LogP) is 4.48. The van der Waals surface area contributed by atoms with Crippen molar-refractivity contribution < 1.29 is 27.6 Å². The highest BCUT2D eigenvalue weighted by Crippen LogP contribution is 2.27. The number of hydrogen-bond donors (Lipinski definition) is 2. The summed E-state index contributed by atoms with van der Waals surface area (Å²) in [5.41, 5.74) is 0.438. The van der Waals surface area contributed by atoms with Crippen LogP contribution in [0.2, 0.25) is 0 Å². The Morgan fingerprint density at radius 3 is 2.16 bits per heavy atom. The average molecular weight is 441 g/mol. The molecule has 31 heavy (non-hydrogen) atoms. The van der Waals surface area contributed by atoms with Crippen molar-refractivity contribution in [2.45, 2.75) is 77.1 Å². The van der Waals surface area contributed by atoms with Crippen molar-refractivity contribution in [3.05, 3.63) is 35.9 Å². The van der Waals surface area contributed by atoms with E-state index < -0.39 is 35.9 Å². The molecule has 0 saturated heterocycles. The topological polar surface area (TPSA) is 75.3 Å². The molecule has 1 aromatic carbocycles. The highest BCUT2D eigenvalue weighted by atomic mass is 19.4. The molecule has 1 aromatic rings. The number of alkyl halides is 3. The molecule has 2 N–H and O–H groups in total. The largest absolute Gasteiger partial charge is 0.452 e. The van der Waals surface area contributed by atoms with Gasteiger partial charge in [0.1, 0.15) is 6.04 Å². The molecule has 0 bridgehead atoms. The van der Waals surface area contributed by atoms with Gasteiger partial charge in [0.15, 0.2) is 0 Å². The van der Waals surface area contributed by atoms with Gasteiger partial charge in [0.2, 0.25) is 11.8 Å². The van der Waals surface area contributed by atoms with Gasteiger partial charge in [-0.2, -0.15) is 13.2 Å². The molecule has 0 radical (unpaired) electrons. The zero-order valence-corrected chi connectivity index (χ0v) is 18.0. The fraction of sp³-hybridized carbons (Fsp3) is 0.609. The number of amides is 2. The number of Topliss-reactive ketones (excluding diaryl/α,β-unsaturated/α-hetero) is 1. The molecule has 0 unspecified atom stereocenters. The first kappa shape index (κ1) is 24.9. The van der Waals surface area contributed by atoms with Crippen LogP contribution < -0.4 is 10.6 Å². The zero-order chi connectivity index (χ0) is 23.0. The molecule has 2 atom stereocenters. The Bertz CT molecular complexity index is 744. The minimum atomic E-state index is -5.06. The number of rotatable bonds is 9. The van der Waals surface area contributed by atoms with E-state index >= 15 is 0 Å². The Morgan fingerprint density at radius 1 is 1.00 bits per heavy atom. The molecular weight excluding hydrogens is 409 g/mol. The lowest BCUT2D eigenvalue weighted by molar-refractivity contribution is -0.175. The van der Waals surface area contributed by atoms with Gasteiger partial charge in [-0.25, -0.2) is 0 Å². The molecule has 0 aromatic heterocycles. The third-order valence-corrected chi connectivity index (χ3v) is 5.73. The molecule has 1 fully saturated rings. The maximum atomic E-state index is 13.0. The SMILES string of the molecule is CC(C)[C@H](NC(=O)[C@@H](NC(=O)CCC1CCCCC1)c1ccccc1)C(=O)C(F)(F)F. The van der Waals surface area contributed by atoms with Crippen molar-refractivity contribution in [2.24, 2.45) is 11.8 Å². The van der Waals surface area contributed by atoms with Crippen LogP contribution in [0, 0.1) is 11.8 Å². The second-order valence-electron chi connectivity index (χ2n) is 8.55. The standard InChI is InChI=1S/C23H31F3N2O3/c1-15(2)19(21(30)23(24,25)26)28-22(31)20(17-11-7-4-8-12-17)27-18(29)14-13-16-9-5-3-6-10-16/h4,7-8,11-12,15-16,19-20H,3,5-6,9-10,13-14H2,1-2H3,(H,27,29)(H,28,31)/t19-,20-/m0/s1. The van der Waals surface area contributed by atoms with E-state index in [1.165, 1.54) is 20.3 Å². The number of nitrogens with one attached hydrogen (secondary N) is 2. The average Bonchev–Trinajstić information content (AvgIpc) is 2.74. The number of halogens is 3. The monoisotopic (exact) mass is 440 g/mol. The van der Waals surface area contributed by atoms with Crippen LogP contribution in [-0.4, -0.2) is 29.8 Å². The van der Waals surface area contributed by atoms with E-state index in [-0.39, 0.29) is 12.3 Å². The fourth-order valence-corrected chi connectivity index (χ4v) is 3.94. The lowest BCUT2D eigenvalue weighted by atomic mass is 9.86. The molecule has 5 nitrogen and oxygen atoms in total. The van der Waals surface area contributed by atoms with Crippen molar-refractivity contribution >= 4 is 17.6 Å². The quantitative estimate of drug-likeness (QED) is 0.595. The van der Waals surface area contributed by atoms with Gasteiger partial charge in [-0.3, -0.25) is 14.4 Å². The van der Waals surface area contributed by atoms with Gasteiger partial charge >= 0.3 is 6.18 Å². The predicted molar refractivity (Wildman–Crippen MR) is 111 cm³/mol. The van der Waals surface area contributed by atoms with Crippen LogP contribution >= 0.6 is 0 Å². The first-order valence-electron chi connectivity index (χ1n) is 10.8. The van der Waals surface area contributed by atoms with Gasteiger partial charge in [-0.15, -0.1) is 0 Å². The van der Waals surface area contributed by atoms with E-state index in [0.29, 0.717) is 11.5 Å². The van der Waals surface area contributed by atoms with Crippen molar-refractivity contribution in [3.8, 4) is 0 Å². The Morgan fingerprint density at radius 2 is 1.61 bits per heavy atom. The lowest BCUT2D eigenvalue weighted by Crippen LogP contribution is -2.52. The second-order valence-corrected chi connectivity index (χ2v) is 8.55. The van der Waals surface area contributed by atoms with Crippen LogP contribution in [0.5, 0.6) is 0 Å². The van der Waals surface area contributed by atoms with E-state index in [1.54, 1.807) is 30.3 Å². The normalized spacial score (nSPS) is 17.1. The molecule has 0 spiro atoms. The summed E-state index contributed by atoms with van der Waals surface area (Å²) in [6.45, 7) is 2.85. The number of benzene rings is 1. The number of hydrogen-bond acceptors (Lipinski definition) is 3. The molecule has 8 heteroatoms. The third-order valence-electron chi connectivity index (χ3n) is 5.73. The molecule has 1 saturated carbocycles. The van der Waals surface area contributed by atoms with Crippen molar-refractivity contribution in [3.63, 3.8) is 0 Å². The van der Waals surface area contributed by atoms with Crippen LogP contribution in [0.25, 0.3) is 0 Å². The van der Waals surface area contributed by atoms with Crippen LogP contribution in [0.4, 0.5) is 13.2 Å². The summed E-state index contributed by atoms with van der Waals surface area (Å²) in [5.74, 6) is -3.47. The molecule has 1 aliphatic carbocycles. The molecule has 0 heterocycles.